The van der Waals surface area contributed by atoms with Crippen molar-refractivity contribution in [3.8, 4) is 5.75 Å². The lowest BCUT2D eigenvalue weighted by Crippen LogP contribution is -2.50. The molecule has 168 valence electrons. The van der Waals surface area contributed by atoms with E-state index in [-0.39, 0.29) is 24.4 Å². The minimum atomic E-state index is -0.210. The van der Waals surface area contributed by atoms with Crippen molar-refractivity contribution in [2.75, 3.05) is 39.8 Å². The van der Waals surface area contributed by atoms with Crippen LogP contribution in [0.5, 0.6) is 5.75 Å². The van der Waals surface area contributed by atoms with Gasteiger partial charge in [-0.2, -0.15) is 5.10 Å². The van der Waals surface area contributed by atoms with Gasteiger partial charge in [0, 0.05) is 50.1 Å². The summed E-state index contributed by atoms with van der Waals surface area (Å²) >= 11 is 6.42. The molecule has 8 heteroatoms. The van der Waals surface area contributed by atoms with E-state index < -0.39 is 0 Å². The normalized spacial score (nSPS) is 19.1. The Kier molecular flexibility index (Phi) is 6.77. The van der Waals surface area contributed by atoms with Crippen LogP contribution in [-0.4, -0.2) is 72.2 Å². The maximum atomic E-state index is 13.3. The molecular formula is C24H27ClN4O3. The molecule has 2 aliphatic heterocycles. The molecule has 32 heavy (non-hydrogen) atoms. The SMILES string of the molecule is COc1ccc([C@H]2CC(c3ccccc3Cl)=NN2C(=O)CN2CCN(C(C)=O)CC2)cc1. The third-order valence-corrected chi connectivity index (χ3v) is 6.36. The van der Waals surface area contributed by atoms with Gasteiger partial charge in [-0.1, -0.05) is 41.9 Å². The van der Waals surface area contributed by atoms with Crippen LogP contribution in [0.15, 0.2) is 53.6 Å². The number of hydrogen-bond donors (Lipinski definition) is 0. The third kappa shape index (κ3) is 4.79. The van der Waals surface area contributed by atoms with Gasteiger partial charge in [0.2, 0.25) is 5.91 Å². The quantitative estimate of drug-likeness (QED) is 0.696. The molecule has 0 spiro atoms. The summed E-state index contributed by atoms with van der Waals surface area (Å²) in [6.07, 6.45) is 0.583. The van der Waals surface area contributed by atoms with E-state index >= 15 is 0 Å². The van der Waals surface area contributed by atoms with Crippen molar-refractivity contribution >= 4 is 29.1 Å². The van der Waals surface area contributed by atoms with Crippen molar-refractivity contribution in [3.05, 3.63) is 64.7 Å². The van der Waals surface area contributed by atoms with E-state index in [2.05, 4.69) is 4.90 Å². The molecule has 2 heterocycles. The first-order valence-electron chi connectivity index (χ1n) is 10.7. The number of ether oxygens (including phenoxy) is 1. The second kappa shape index (κ2) is 9.71. The number of piperazine rings is 1. The monoisotopic (exact) mass is 454 g/mol. The molecule has 1 atom stereocenters. The Morgan fingerprint density at radius 3 is 2.38 bits per heavy atom. The highest BCUT2D eigenvalue weighted by Crippen LogP contribution is 2.35. The Morgan fingerprint density at radius 1 is 1.06 bits per heavy atom. The Balaban J connectivity index is 1.55. The van der Waals surface area contributed by atoms with Crippen molar-refractivity contribution in [2.45, 2.75) is 19.4 Å². The number of amides is 2. The second-order valence-corrected chi connectivity index (χ2v) is 8.45. The second-order valence-electron chi connectivity index (χ2n) is 8.04. The first-order chi connectivity index (χ1) is 15.5. The average Bonchev–Trinajstić information content (AvgIpc) is 3.25. The Morgan fingerprint density at radius 2 is 1.75 bits per heavy atom. The molecule has 2 amide bonds. The predicted molar refractivity (Wildman–Crippen MR) is 124 cm³/mol. The van der Waals surface area contributed by atoms with E-state index in [9.17, 15) is 9.59 Å². The third-order valence-electron chi connectivity index (χ3n) is 6.03. The van der Waals surface area contributed by atoms with Gasteiger partial charge in [0.1, 0.15) is 5.75 Å². The summed E-state index contributed by atoms with van der Waals surface area (Å²) < 4.78 is 5.28. The maximum Gasteiger partial charge on any atom is 0.257 e. The molecule has 0 bridgehead atoms. The summed E-state index contributed by atoms with van der Waals surface area (Å²) in [5.74, 6) is 0.772. The summed E-state index contributed by atoms with van der Waals surface area (Å²) in [4.78, 5) is 28.8. The Bertz CT molecular complexity index is 1020. The number of carbonyl (C=O) groups is 2. The van der Waals surface area contributed by atoms with Crippen molar-refractivity contribution < 1.29 is 14.3 Å². The highest BCUT2D eigenvalue weighted by Gasteiger charge is 2.34. The summed E-state index contributed by atoms with van der Waals surface area (Å²) in [6, 6.07) is 15.1. The molecule has 0 N–H and O–H groups in total. The number of nitrogens with zero attached hydrogens (tertiary/aromatic N) is 4. The van der Waals surface area contributed by atoms with Crippen LogP contribution in [0.1, 0.15) is 30.5 Å². The molecule has 1 fully saturated rings. The topological polar surface area (TPSA) is 65.5 Å². The zero-order chi connectivity index (χ0) is 22.7. The van der Waals surface area contributed by atoms with Gasteiger partial charge in [-0.25, -0.2) is 5.01 Å². The first-order valence-corrected chi connectivity index (χ1v) is 11.1. The van der Waals surface area contributed by atoms with E-state index in [1.807, 2.05) is 53.4 Å². The van der Waals surface area contributed by atoms with Crippen LogP contribution in [0.4, 0.5) is 0 Å². The molecule has 0 saturated carbocycles. The number of rotatable bonds is 5. The molecule has 0 radical (unpaired) electrons. The summed E-state index contributed by atoms with van der Waals surface area (Å²) in [5, 5.41) is 6.94. The van der Waals surface area contributed by atoms with E-state index in [1.54, 1.807) is 19.0 Å². The van der Waals surface area contributed by atoms with Crippen LogP contribution in [-0.2, 0) is 9.59 Å². The Labute approximate surface area is 193 Å². The zero-order valence-electron chi connectivity index (χ0n) is 18.3. The van der Waals surface area contributed by atoms with E-state index in [0.29, 0.717) is 37.6 Å². The smallest absolute Gasteiger partial charge is 0.257 e. The molecule has 0 aromatic heterocycles. The number of hydrogen-bond acceptors (Lipinski definition) is 5. The van der Waals surface area contributed by atoms with Gasteiger partial charge in [0.25, 0.3) is 5.91 Å². The molecule has 0 unspecified atom stereocenters. The minimum absolute atomic E-state index is 0.0656. The predicted octanol–water partition coefficient (Wildman–Crippen LogP) is 3.19. The molecule has 0 aliphatic carbocycles. The zero-order valence-corrected chi connectivity index (χ0v) is 19.1. The lowest BCUT2D eigenvalue weighted by atomic mass is 9.98. The van der Waals surface area contributed by atoms with Gasteiger partial charge in [-0.3, -0.25) is 14.5 Å². The van der Waals surface area contributed by atoms with Gasteiger partial charge in [-0.15, -0.1) is 0 Å². The summed E-state index contributed by atoms with van der Waals surface area (Å²) in [5.41, 5.74) is 2.63. The van der Waals surface area contributed by atoms with Gasteiger partial charge in [0.05, 0.1) is 25.4 Å². The average molecular weight is 455 g/mol. The molecule has 2 aliphatic rings. The van der Waals surface area contributed by atoms with Gasteiger partial charge < -0.3 is 9.64 Å². The van der Waals surface area contributed by atoms with Gasteiger partial charge >= 0.3 is 0 Å². The highest BCUT2D eigenvalue weighted by atomic mass is 35.5. The Hall–Kier alpha value is -2.90. The van der Waals surface area contributed by atoms with Gasteiger partial charge in [-0.05, 0) is 23.8 Å². The van der Waals surface area contributed by atoms with E-state index in [4.69, 9.17) is 21.4 Å². The van der Waals surface area contributed by atoms with Crippen molar-refractivity contribution in [1.82, 2.24) is 14.8 Å². The maximum absolute atomic E-state index is 13.3. The van der Waals surface area contributed by atoms with Crippen LogP contribution in [0.3, 0.4) is 0 Å². The van der Waals surface area contributed by atoms with E-state index in [0.717, 1.165) is 22.6 Å². The number of methoxy groups -OCH3 is 1. The van der Waals surface area contributed by atoms with Crippen LogP contribution < -0.4 is 4.74 Å². The minimum Gasteiger partial charge on any atom is -0.497 e. The van der Waals surface area contributed by atoms with Crippen molar-refractivity contribution in [1.29, 1.82) is 0 Å². The van der Waals surface area contributed by atoms with Crippen LogP contribution >= 0.6 is 11.6 Å². The lowest BCUT2D eigenvalue weighted by molar-refractivity contribution is -0.135. The van der Waals surface area contributed by atoms with E-state index in [1.165, 1.54) is 0 Å². The van der Waals surface area contributed by atoms with Crippen LogP contribution in [0, 0.1) is 0 Å². The molecular weight excluding hydrogens is 428 g/mol. The highest BCUT2D eigenvalue weighted by molar-refractivity contribution is 6.34. The summed E-state index contributed by atoms with van der Waals surface area (Å²) in [6.45, 7) is 4.46. The number of carbonyl (C=O) groups excluding carboxylic acids is 2. The molecule has 2 aromatic carbocycles. The summed E-state index contributed by atoms with van der Waals surface area (Å²) in [7, 11) is 1.63. The van der Waals surface area contributed by atoms with Crippen LogP contribution in [0.25, 0.3) is 0 Å². The molecule has 1 saturated heterocycles. The van der Waals surface area contributed by atoms with Crippen molar-refractivity contribution in [3.63, 3.8) is 0 Å². The molecule has 2 aromatic rings. The first kappa shape index (κ1) is 22.3. The lowest BCUT2D eigenvalue weighted by Gasteiger charge is -2.34. The van der Waals surface area contributed by atoms with Crippen molar-refractivity contribution in [2.24, 2.45) is 5.10 Å². The van der Waals surface area contributed by atoms with Crippen LogP contribution in [0.2, 0.25) is 5.02 Å². The fourth-order valence-electron chi connectivity index (χ4n) is 4.17. The molecule has 4 rings (SSSR count). The number of hydrazone groups is 1. The van der Waals surface area contributed by atoms with Gasteiger partial charge in [0.15, 0.2) is 0 Å². The fourth-order valence-corrected chi connectivity index (χ4v) is 4.41. The fraction of sp³-hybridized carbons (Fsp3) is 0.375. The molecule has 7 nitrogen and oxygen atoms in total. The largest absolute Gasteiger partial charge is 0.497 e. The number of halogens is 1. The number of benzene rings is 2. The standard InChI is InChI=1S/C24H27ClN4O3/c1-17(30)28-13-11-27(12-14-28)16-24(31)29-23(18-7-9-19(32-2)10-8-18)15-22(26-29)20-5-3-4-6-21(20)25/h3-10,23H,11-16H2,1-2H3/t23-/m1/s1.